The fourth-order valence-corrected chi connectivity index (χ4v) is 3.39. The molecule has 23 heavy (non-hydrogen) atoms. The summed E-state index contributed by atoms with van der Waals surface area (Å²) in [4.78, 5) is 18.1. The number of thiazole rings is 1. The lowest BCUT2D eigenvalue weighted by Crippen LogP contribution is -2.42. The highest BCUT2D eigenvalue weighted by Crippen LogP contribution is 2.17. The molecule has 0 aliphatic heterocycles. The van der Waals surface area contributed by atoms with Crippen LogP contribution in [0.25, 0.3) is 0 Å². The SMILES string of the molecule is Cc1nc(CC(=O)NNS(=O)(=O)c2ccc(C(C)C)cc2)cs1. The van der Waals surface area contributed by atoms with E-state index in [1.54, 1.807) is 17.5 Å². The first kappa shape index (κ1) is 17.6. The van der Waals surface area contributed by atoms with Gasteiger partial charge in [-0.25, -0.2) is 13.4 Å². The molecule has 0 bridgehead atoms. The molecule has 0 aliphatic carbocycles. The fourth-order valence-electron chi connectivity index (χ4n) is 1.91. The van der Waals surface area contributed by atoms with E-state index in [0.717, 1.165) is 10.6 Å². The number of carbonyl (C=O) groups is 1. The minimum atomic E-state index is -3.78. The molecular weight excluding hydrogens is 334 g/mol. The van der Waals surface area contributed by atoms with E-state index in [2.05, 4.69) is 15.2 Å². The zero-order valence-electron chi connectivity index (χ0n) is 13.2. The average Bonchev–Trinajstić information content (AvgIpc) is 2.90. The van der Waals surface area contributed by atoms with Gasteiger partial charge in [-0.05, 0) is 30.5 Å². The number of aromatic nitrogens is 1. The topological polar surface area (TPSA) is 88.2 Å². The molecule has 1 heterocycles. The molecule has 0 fully saturated rings. The summed E-state index contributed by atoms with van der Waals surface area (Å²) in [5.41, 5.74) is 3.87. The average molecular weight is 353 g/mol. The number of benzene rings is 1. The van der Waals surface area contributed by atoms with Crippen molar-refractivity contribution in [1.82, 2.24) is 15.2 Å². The smallest absolute Gasteiger partial charge is 0.257 e. The number of hydrogen-bond acceptors (Lipinski definition) is 5. The lowest BCUT2D eigenvalue weighted by Gasteiger charge is -2.10. The highest BCUT2D eigenvalue weighted by atomic mass is 32.2. The molecule has 1 aromatic carbocycles. The number of nitrogens with zero attached hydrogens (tertiary/aromatic N) is 1. The monoisotopic (exact) mass is 353 g/mol. The first-order valence-electron chi connectivity index (χ1n) is 7.09. The van der Waals surface area contributed by atoms with Crippen molar-refractivity contribution in [1.29, 1.82) is 0 Å². The Morgan fingerprint density at radius 2 is 1.91 bits per heavy atom. The summed E-state index contributed by atoms with van der Waals surface area (Å²) < 4.78 is 24.3. The molecule has 0 atom stereocenters. The van der Waals surface area contributed by atoms with E-state index in [1.807, 2.05) is 20.8 Å². The molecule has 0 aliphatic rings. The summed E-state index contributed by atoms with van der Waals surface area (Å²) in [5, 5.41) is 2.63. The van der Waals surface area contributed by atoms with Crippen LogP contribution in [-0.2, 0) is 21.2 Å². The Morgan fingerprint density at radius 3 is 2.43 bits per heavy atom. The molecule has 2 aromatic rings. The van der Waals surface area contributed by atoms with Gasteiger partial charge in [0.25, 0.3) is 10.0 Å². The molecule has 1 amide bonds. The van der Waals surface area contributed by atoms with Gasteiger partial charge in [0.2, 0.25) is 5.91 Å². The van der Waals surface area contributed by atoms with Gasteiger partial charge in [0.05, 0.1) is 22.0 Å². The van der Waals surface area contributed by atoms with Crippen LogP contribution in [0.3, 0.4) is 0 Å². The first-order valence-corrected chi connectivity index (χ1v) is 9.46. The van der Waals surface area contributed by atoms with Crippen LogP contribution < -0.4 is 10.3 Å². The predicted molar refractivity (Wildman–Crippen MR) is 89.6 cm³/mol. The van der Waals surface area contributed by atoms with Gasteiger partial charge in [0.15, 0.2) is 0 Å². The van der Waals surface area contributed by atoms with Crippen LogP contribution in [0, 0.1) is 6.92 Å². The van der Waals surface area contributed by atoms with Crippen molar-refractivity contribution in [2.75, 3.05) is 0 Å². The van der Waals surface area contributed by atoms with Crippen LogP contribution in [0.4, 0.5) is 0 Å². The van der Waals surface area contributed by atoms with Gasteiger partial charge >= 0.3 is 0 Å². The van der Waals surface area contributed by atoms with Gasteiger partial charge < -0.3 is 0 Å². The van der Waals surface area contributed by atoms with Gasteiger partial charge in [-0.3, -0.25) is 10.2 Å². The third-order valence-electron chi connectivity index (χ3n) is 3.19. The third kappa shape index (κ3) is 4.85. The van der Waals surface area contributed by atoms with Crippen LogP contribution >= 0.6 is 11.3 Å². The lowest BCUT2D eigenvalue weighted by atomic mass is 10.0. The van der Waals surface area contributed by atoms with Crippen LogP contribution in [0.5, 0.6) is 0 Å². The molecule has 2 rings (SSSR count). The van der Waals surface area contributed by atoms with E-state index in [0.29, 0.717) is 11.6 Å². The van der Waals surface area contributed by atoms with E-state index >= 15 is 0 Å². The minimum Gasteiger partial charge on any atom is -0.277 e. The molecular formula is C15H19N3O3S2. The highest BCUT2D eigenvalue weighted by Gasteiger charge is 2.16. The highest BCUT2D eigenvalue weighted by molar-refractivity contribution is 7.89. The fraction of sp³-hybridized carbons (Fsp3) is 0.333. The Bertz CT molecular complexity index is 781. The number of aryl methyl sites for hydroxylation is 1. The predicted octanol–water partition coefficient (Wildman–Crippen LogP) is 2.13. The van der Waals surface area contributed by atoms with Crippen molar-refractivity contribution in [2.24, 2.45) is 0 Å². The van der Waals surface area contributed by atoms with Crippen LogP contribution in [0.1, 0.15) is 36.0 Å². The maximum Gasteiger partial charge on any atom is 0.257 e. The van der Waals surface area contributed by atoms with E-state index in [4.69, 9.17) is 0 Å². The zero-order chi connectivity index (χ0) is 17.0. The van der Waals surface area contributed by atoms with Crippen LogP contribution in [0.2, 0.25) is 0 Å². The van der Waals surface area contributed by atoms with Crippen molar-refractivity contribution < 1.29 is 13.2 Å². The maximum atomic E-state index is 12.1. The lowest BCUT2D eigenvalue weighted by molar-refractivity contribution is -0.120. The number of carbonyl (C=O) groups excluding carboxylic acids is 1. The number of amides is 1. The second kappa shape index (κ2) is 7.20. The molecule has 0 radical (unpaired) electrons. The standard InChI is InChI=1S/C15H19N3O3S2/c1-10(2)12-4-6-14(7-5-12)23(20,21)18-17-15(19)8-13-9-22-11(3)16-13/h4-7,9-10,18H,8H2,1-3H3,(H,17,19). The number of hydrogen-bond donors (Lipinski definition) is 2. The van der Waals surface area contributed by atoms with Crippen molar-refractivity contribution >= 4 is 27.3 Å². The second-order valence-electron chi connectivity index (χ2n) is 5.41. The number of rotatable bonds is 6. The van der Waals surface area contributed by atoms with Gasteiger partial charge in [0, 0.05) is 5.38 Å². The Kier molecular flexibility index (Phi) is 5.51. The van der Waals surface area contributed by atoms with Crippen molar-refractivity contribution in [2.45, 2.75) is 38.0 Å². The summed E-state index contributed by atoms with van der Waals surface area (Å²) in [5.74, 6) is -0.140. The molecule has 8 heteroatoms. The van der Waals surface area contributed by atoms with E-state index in [9.17, 15) is 13.2 Å². The Hall–Kier alpha value is -1.77. The second-order valence-corrected chi connectivity index (χ2v) is 8.16. The van der Waals surface area contributed by atoms with E-state index in [1.165, 1.54) is 23.5 Å². The Labute approximate surface area is 140 Å². The molecule has 0 saturated carbocycles. The Morgan fingerprint density at radius 1 is 1.26 bits per heavy atom. The molecule has 0 unspecified atom stereocenters. The summed E-state index contributed by atoms with van der Waals surface area (Å²) in [6, 6.07) is 6.57. The van der Waals surface area contributed by atoms with Crippen LogP contribution in [0.15, 0.2) is 34.5 Å². The summed E-state index contributed by atoms with van der Waals surface area (Å²) in [7, 11) is -3.78. The van der Waals surface area contributed by atoms with E-state index in [-0.39, 0.29) is 11.3 Å². The van der Waals surface area contributed by atoms with Crippen molar-refractivity contribution in [3.63, 3.8) is 0 Å². The number of sulfonamides is 1. The normalized spacial score (nSPS) is 11.7. The van der Waals surface area contributed by atoms with E-state index < -0.39 is 15.9 Å². The molecule has 2 N–H and O–H groups in total. The molecule has 0 spiro atoms. The molecule has 6 nitrogen and oxygen atoms in total. The minimum absolute atomic E-state index is 0.0269. The molecule has 1 aromatic heterocycles. The van der Waals surface area contributed by atoms with Crippen molar-refractivity contribution in [3.05, 3.63) is 45.9 Å². The molecule has 124 valence electrons. The summed E-state index contributed by atoms with van der Waals surface area (Å²) in [6.45, 7) is 5.90. The summed E-state index contributed by atoms with van der Waals surface area (Å²) >= 11 is 1.44. The zero-order valence-corrected chi connectivity index (χ0v) is 14.8. The third-order valence-corrected chi connectivity index (χ3v) is 5.28. The number of hydrazine groups is 1. The summed E-state index contributed by atoms with van der Waals surface area (Å²) in [6.07, 6.45) is 0.0269. The van der Waals surface area contributed by atoms with Crippen LogP contribution in [-0.4, -0.2) is 19.3 Å². The largest absolute Gasteiger partial charge is 0.277 e. The van der Waals surface area contributed by atoms with Gasteiger partial charge in [-0.15, -0.1) is 16.2 Å². The van der Waals surface area contributed by atoms with Gasteiger partial charge in [0.1, 0.15) is 0 Å². The van der Waals surface area contributed by atoms with Gasteiger partial charge in [-0.2, -0.15) is 0 Å². The van der Waals surface area contributed by atoms with Crippen molar-refractivity contribution in [3.8, 4) is 0 Å². The van der Waals surface area contributed by atoms with Gasteiger partial charge in [-0.1, -0.05) is 26.0 Å². The molecule has 0 saturated heterocycles. The first-order chi connectivity index (χ1) is 10.8. The number of nitrogens with one attached hydrogen (secondary N) is 2. The quantitative estimate of drug-likeness (QED) is 0.779. The maximum absolute atomic E-state index is 12.1. The Balaban J connectivity index is 1.96.